The molecule has 4 heteroatoms. The number of aromatic nitrogens is 1. The number of hydrogen-bond acceptors (Lipinski definition) is 3. The van der Waals surface area contributed by atoms with Crippen molar-refractivity contribution in [3.05, 3.63) is 52.1 Å². The van der Waals surface area contributed by atoms with Crippen molar-refractivity contribution in [3.63, 3.8) is 0 Å². The lowest BCUT2D eigenvalue weighted by Crippen LogP contribution is -2.23. The molecule has 1 unspecified atom stereocenters. The highest BCUT2D eigenvalue weighted by Gasteiger charge is 2.16. The molecule has 100 valence electrons. The van der Waals surface area contributed by atoms with E-state index >= 15 is 0 Å². The second-order valence-electron chi connectivity index (χ2n) is 4.78. The quantitative estimate of drug-likeness (QED) is 0.871. The van der Waals surface area contributed by atoms with Crippen LogP contribution in [0.15, 0.2) is 41.0 Å². The summed E-state index contributed by atoms with van der Waals surface area (Å²) in [6.45, 7) is 4.17. The molecule has 1 aromatic carbocycles. The highest BCUT2D eigenvalue weighted by Crippen LogP contribution is 2.30. The van der Waals surface area contributed by atoms with Gasteiger partial charge < -0.3 is 10.6 Å². The van der Waals surface area contributed by atoms with Crippen molar-refractivity contribution in [2.75, 3.05) is 17.7 Å². The summed E-state index contributed by atoms with van der Waals surface area (Å²) in [6, 6.07) is 10.2. The van der Waals surface area contributed by atoms with Gasteiger partial charge in [-0.3, -0.25) is 0 Å². The van der Waals surface area contributed by atoms with Gasteiger partial charge in [-0.05, 0) is 59.1 Å². The Morgan fingerprint density at radius 3 is 2.68 bits per heavy atom. The Morgan fingerprint density at radius 2 is 2.05 bits per heavy atom. The van der Waals surface area contributed by atoms with Crippen LogP contribution < -0.4 is 10.6 Å². The number of nitrogens with zero attached hydrogens (tertiary/aromatic N) is 2. The van der Waals surface area contributed by atoms with Gasteiger partial charge in [-0.15, -0.1) is 0 Å². The lowest BCUT2D eigenvalue weighted by Gasteiger charge is -2.27. The number of nitrogen functional groups attached to an aromatic ring is 1. The molecular formula is C15H18BrN3. The van der Waals surface area contributed by atoms with Crippen LogP contribution in [0.2, 0.25) is 0 Å². The zero-order valence-corrected chi connectivity index (χ0v) is 13.0. The fraction of sp³-hybridized carbons (Fsp3) is 0.267. The van der Waals surface area contributed by atoms with Crippen molar-refractivity contribution in [2.45, 2.75) is 19.9 Å². The van der Waals surface area contributed by atoms with Crippen molar-refractivity contribution < 1.29 is 0 Å². The largest absolute Gasteiger partial charge is 0.399 e. The molecule has 19 heavy (non-hydrogen) atoms. The molecule has 0 bridgehead atoms. The fourth-order valence-corrected chi connectivity index (χ4v) is 2.75. The first-order chi connectivity index (χ1) is 8.99. The molecule has 1 atom stereocenters. The molecule has 2 aromatic rings. The molecule has 0 spiro atoms. The molecule has 1 aromatic heterocycles. The third kappa shape index (κ3) is 3.07. The molecule has 2 N–H and O–H groups in total. The van der Waals surface area contributed by atoms with Crippen LogP contribution in [0, 0.1) is 6.92 Å². The Kier molecular flexibility index (Phi) is 4.10. The summed E-state index contributed by atoms with van der Waals surface area (Å²) < 4.78 is 1.01. The van der Waals surface area contributed by atoms with Crippen molar-refractivity contribution in [2.24, 2.45) is 0 Å². The summed E-state index contributed by atoms with van der Waals surface area (Å²) in [5.41, 5.74) is 8.94. The summed E-state index contributed by atoms with van der Waals surface area (Å²) in [7, 11) is 2.04. The maximum Gasteiger partial charge on any atom is 0.143 e. The van der Waals surface area contributed by atoms with E-state index in [1.807, 2.05) is 38.4 Å². The van der Waals surface area contributed by atoms with E-state index in [2.05, 4.69) is 44.9 Å². The lowest BCUT2D eigenvalue weighted by molar-refractivity contribution is 0.727. The lowest BCUT2D eigenvalue weighted by atomic mass is 10.1. The van der Waals surface area contributed by atoms with Gasteiger partial charge in [0.1, 0.15) is 5.82 Å². The van der Waals surface area contributed by atoms with Crippen LogP contribution in [0.5, 0.6) is 0 Å². The summed E-state index contributed by atoms with van der Waals surface area (Å²) in [6.07, 6.45) is 1.88. The SMILES string of the molecule is Cc1cnc(N(C)C(C)c2cccc(N)c2)c(Br)c1. The highest BCUT2D eigenvalue weighted by atomic mass is 79.9. The number of nitrogens with two attached hydrogens (primary N) is 1. The molecular weight excluding hydrogens is 302 g/mol. The van der Waals surface area contributed by atoms with Crippen LogP contribution in [0.4, 0.5) is 11.5 Å². The Balaban J connectivity index is 2.30. The van der Waals surface area contributed by atoms with Crippen LogP contribution in [0.3, 0.4) is 0 Å². The standard InChI is InChI=1S/C15H18BrN3/c1-10-7-14(16)15(18-9-10)19(3)11(2)12-5-4-6-13(17)8-12/h4-9,11H,17H2,1-3H3. The molecule has 0 saturated heterocycles. The average molecular weight is 320 g/mol. The van der Waals surface area contributed by atoms with Crippen molar-refractivity contribution in [3.8, 4) is 0 Å². The zero-order chi connectivity index (χ0) is 14.0. The van der Waals surface area contributed by atoms with E-state index in [0.717, 1.165) is 21.5 Å². The Labute approximate surface area is 122 Å². The van der Waals surface area contributed by atoms with Gasteiger partial charge in [0.15, 0.2) is 0 Å². The minimum absolute atomic E-state index is 0.204. The first-order valence-electron chi connectivity index (χ1n) is 6.19. The summed E-state index contributed by atoms with van der Waals surface area (Å²) in [5.74, 6) is 0.931. The third-order valence-electron chi connectivity index (χ3n) is 3.27. The van der Waals surface area contributed by atoms with Gasteiger partial charge in [0, 0.05) is 18.9 Å². The summed E-state index contributed by atoms with van der Waals surface area (Å²) in [5, 5.41) is 0. The van der Waals surface area contributed by atoms with Crippen molar-refractivity contribution >= 4 is 27.4 Å². The Morgan fingerprint density at radius 1 is 1.32 bits per heavy atom. The van der Waals surface area contributed by atoms with Crippen LogP contribution in [-0.2, 0) is 0 Å². The Bertz CT molecular complexity index is 583. The zero-order valence-electron chi connectivity index (χ0n) is 11.4. The Hall–Kier alpha value is -1.55. The normalized spacial score (nSPS) is 12.2. The number of hydrogen-bond donors (Lipinski definition) is 1. The van der Waals surface area contributed by atoms with Gasteiger partial charge in [-0.2, -0.15) is 0 Å². The first-order valence-corrected chi connectivity index (χ1v) is 6.98. The predicted molar refractivity (Wildman–Crippen MR) is 84.3 cm³/mol. The van der Waals surface area contributed by atoms with Crippen molar-refractivity contribution in [1.82, 2.24) is 4.98 Å². The molecule has 0 amide bonds. The second kappa shape index (κ2) is 5.61. The topological polar surface area (TPSA) is 42.2 Å². The van der Waals surface area contributed by atoms with E-state index in [1.54, 1.807) is 0 Å². The van der Waals surface area contributed by atoms with Gasteiger partial charge in [-0.1, -0.05) is 12.1 Å². The minimum Gasteiger partial charge on any atom is -0.399 e. The smallest absolute Gasteiger partial charge is 0.143 e. The van der Waals surface area contributed by atoms with Crippen LogP contribution in [0.25, 0.3) is 0 Å². The molecule has 2 rings (SSSR count). The third-order valence-corrected chi connectivity index (χ3v) is 3.85. The number of benzene rings is 1. The maximum absolute atomic E-state index is 5.84. The van der Waals surface area contributed by atoms with E-state index in [0.29, 0.717) is 0 Å². The van der Waals surface area contributed by atoms with E-state index < -0.39 is 0 Å². The minimum atomic E-state index is 0.204. The molecule has 0 saturated carbocycles. The molecule has 1 heterocycles. The monoisotopic (exact) mass is 319 g/mol. The fourth-order valence-electron chi connectivity index (χ4n) is 2.01. The molecule has 3 nitrogen and oxygen atoms in total. The van der Waals surface area contributed by atoms with Crippen LogP contribution in [-0.4, -0.2) is 12.0 Å². The average Bonchev–Trinajstić information content (AvgIpc) is 2.37. The van der Waals surface area contributed by atoms with E-state index in [9.17, 15) is 0 Å². The summed E-state index contributed by atoms with van der Waals surface area (Å²) >= 11 is 3.57. The number of rotatable bonds is 3. The molecule has 0 aliphatic rings. The number of aryl methyl sites for hydroxylation is 1. The molecule has 0 radical (unpaired) electrons. The predicted octanol–water partition coefficient (Wildman–Crippen LogP) is 3.93. The van der Waals surface area contributed by atoms with Gasteiger partial charge in [-0.25, -0.2) is 4.98 Å². The highest BCUT2D eigenvalue weighted by molar-refractivity contribution is 9.10. The van der Waals surface area contributed by atoms with E-state index in [-0.39, 0.29) is 6.04 Å². The van der Waals surface area contributed by atoms with Crippen LogP contribution in [0.1, 0.15) is 24.1 Å². The molecule has 0 aliphatic heterocycles. The van der Waals surface area contributed by atoms with Gasteiger partial charge in [0.05, 0.1) is 10.5 Å². The van der Waals surface area contributed by atoms with Gasteiger partial charge in [0.25, 0.3) is 0 Å². The van der Waals surface area contributed by atoms with Gasteiger partial charge in [0.2, 0.25) is 0 Å². The van der Waals surface area contributed by atoms with E-state index in [1.165, 1.54) is 5.56 Å². The number of halogens is 1. The number of anilines is 2. The molecule has 0 aliphatic carbocycles. The number of pyridine rings is 1. The summed E-state index contributed by atoms with van der Waals surface area (Å²) in [4.78, 5) is 6.63. The molecule has 0 fully saturated rings. The first kappa shape index (κ1) is 13.9. The van der Waals surface area contributed by atoms with Gasteiger partial charge >= 0.3 is 0 Å². The maximum atomic E-state index is 5.84. The van der Waals surface area contributed by atoms with Crippen molar-refractivity contribution in [1.29, 1.82) is 0 Å². The van der Waals surface area contributed by atoms with E-state index in [4.69, 9.17) is 5.73 Å². The van der Waals surface area contributed by atoms with Crippen LogP contribution >= 0.6 is 15.9 Å². The second-order valence-corrected chi connectivity index (χ2v) is 5.63.